The normalized spacial score (nSPS) is 24.8. The van der Waals surface area contributed by atoms with Crippen LogP contribution in [0.3, 0.4) is 0 Å². The first kappa shape index (κ1) is 15.2. The fourth-order valence-electron chi connectivity index (χ4n) is 2.11. The third-order valence-electron chi connectivity index (χ3n) is 3.15. The molecule has 2 rings (SSSR count). The van der Waals surface area contributed by atoms with Crippen molar-refractivity contribution >= 4 is 15.7 Å². The molecule has 1 saturated heterocycles. The Bertz CT molecular complexity index is 573. The number of aliphatic hydroxyl groups is 1. The first-order valence-electron chi connectivity index (χ1n) is 6.15. The van der Waals surface area contributed by atoms with Crippen LogP contribution in [0.25, 0.3) is 0 Å². The summed E-state index contributed by atoms with van der Waals surface area (Å²) in [5.74, 6) is -0.705. The summed E-state index contributed by atoms with van der Waals surface area (Å²) in [5.41, 5.74) is 5.53. The molecule has 0 aliphatic carbocycles. The van der Waals surface area contributed by atoms with Gasteiger partial charge in [0.15, 0.2) is 0 Å². The minimum absolute atomic E-state index is 0.0242. The summed E-state index contributed by atoms with van der Waals surface area (Å²) >= 11 is 0. The van der Waals surface area contributed by atoms with E-state index in [9.17, 15) is 12.8 Å². The van der Waals surface area contributed by atoms with Crippen LogP contribution in [0.4, 0.5) is 10.1 Å². The van der Waals surface area contributed by atoms with Crippen LogP contribution in [0, 0.1) is 5.82 Å². The van der Waals surface area contributed by atoms with Crippen LogP contribution in [0.15, 0.2) is 23.1 Å². The zero-order valence-electron chi connectivity index (χ0n) is 11.0. The van der Waals surface area contributed by atoms with Gasteiger partial charge in [0.1, 0.15) is 5.82 Å². The highest BCUT2D eigenvalue weighted by Gasteiger charge is 2.35. The number of ether oxygens (including phenoxy) is 1. The number of morpholine rings is 1. The van der Waals surface area contributed by atoms with Crippen LogP contribution in [0.2, 0.25) is 0 Å². The fraction of sp³-hybridized carbons (Fsp3) is 0.500. The summed E-state index contributed by atoms with van der Waals surface area (Å²) < 4.78 is 44.9. The van der Waals surface area contributed by atoms with Gasteiger partial charge in [-0.25, -0.2) is 12.8 Å². The molecule has 1 aromatic carbocycles. The molecule has 0 spiro atoms. The largest absolute Gasteiger partial charge is 0.399 e. The number of sulfonamides is 1. The quantitative estimate of drug-likeness (QED) is 0.777. The van der Waals surface area contributed by atoms with E-state index in [0.29, 0.717) is 0 Å². The molecule has 1 aliphatic rings. The van der Waals surface area contributed by atoms with Gasteiger partial charge in [0, 0.05) is 18.3 Å². The number of anilines is 1. The summed E-state index contributed by atoms with van der Waals surface area (Å²) in [6, 6.07) is 2.81. The van der Waals surface area contributed by atoms with Crippen LogP contribution < -0.4 is 5.73 Å². The predicted molar refractivity (Wildman–Crippen MR) is 71.0 cm³/mol. The Kier molecular flexibility index (Phi) is 4.28. The molecule has 1 aliphatic heterocycles. The van der Waals surface area contributed by atoms with Crippen molar-refractivity contribution in [1.29, 1.82) is 0 Å². The van der Waals surface area contributed by atoms with Crippen molar-refractivity contribution in [3.05, 3.63) is 24.0 Å². The molecule has 1 aromatic rings. The maximum atomic E-state index is 13.3. The minimum atomic E-state index is -3.88. The standard InChI is InChI=1S/C12H17FN2O4S/c1-8-7-19-11(6-16)5-15(8)20(17,18)12-3-9(13)2-10(14)4-12/h2-4,8,11,16H,5-7,14H2,1H3. The molecule has 2 unspecified atom stereocenters. The number of nitrogens with zero attached hydrogens (tertiary/aromatic N) is 1. The number of hydrogen-bond donors (Lipinski definition) is 2. The van der Waals surface area contributed by atoms with E-state index in [1.807, 2.05) is 0 Å². The van der Waals surface area contributed by atoms with Crippen LogP contribution in [0.1, 0.15) is 6.92 Å². The highest BCUT2D eigenvalue weighted by atomic mass is 32.2. The average Bonchev–Trinajstić information content (AvgIpc) is 2.38. The molecule has 1 fully saturated rings. The zero-order chi connectivity index (χ0) is 14.9. The second-order valence-electron chi connectivity index (χ2n) is 4.78. The Labute approximate surface area is 117 Å². The number of aliphatic hydroxyl groups excluding tert-OH is 1. The van der Waals surface area contributed by atoms with Gasteiger partial charge in [-0.15, -0.1) is 0 Å². The van der Waals surface area contributed by atoms with E-state index in [-0.39, 0.29) is 30.3 Å². The number of benzene rings is 1. The second kappa shape index (κ2) is 5.65. The van der Waals surface area contributed by atoms with E-state index < -0.39 is 28.0 Å². The second-order valence-corrected chi connectivity index (χ2v) is 6.67. The summed E-state index contributed by atoms with van der Waals surface area (Å²) in [7, 11) is -3.88. The first-order chi connectivity index (χ1) is 9.34. The lowest BCUT2D eigenvalue weighted by Crippen LogP contribution is -2.51. The Morgan fingerprint density at radius 2 is 2.20 bits per heavy atom. The van der Waals surface area contributed by atoms with Gasteiger partial charge in [0.25, 0.3) is 0 Å². The summed E-state index contributed by atoms with van der Waals surface area (Å²) in [4.78, 5) is -0.194. The molecular weight excluding hydrogens is 287 g/mol. The van der Waals surface area contributed by atoms with E-state index in [1.165, 1.54) is 10.4 Å². The van der Waals surface area contributed by atoms with E-state index in [0.717, 1.165) is 12.1 Å². The highest BCUT2D eigenvalue weighted by Crippen LogP contribution is 2.24. The molecule has 8 heteroatoms. The Morgan fingerprint density at radius 3 is 2.80 bits per heavy atom. The SMILES string of the molecule is CC1COC(CO)CN1S(=O)(=O)c1cc(N)cc(F)c1. The highest BCUT2D eigenvalue weighted by molar-refractivity contribution is 7.89. The zero-order valence-corrected chi connectivity index (χ0v) is 11.8. The predicted octanol–water partition coefficient (Wildman–Crippen LogP) is 0.178. The monoisotopic (exact) mass is 304 g/mol. The van der Waals surface area contributed by atoms with Gasteiger partial charge in [-0.3, -0.25) is 0 Å². The minimum Gasteiger partial charge on any atom is -0.399 e. The van der Waals surface area contributed by atoms with Crippen LogP contribution in [-0.2, 0) is 14.8 Å². The molecule has 112 valence electrons. The van der Waals surface area contributed by atoms with Gasteiger partial charge in [-0.1, -0.05) is 0 Å². The van der Waals surface area contributed by atoms with Crippen LogP contribution in [-0.4, -0.2) is 49.7 Å². The molecule has 20 heavy (non-hydrogen) atoms. The molecule has 0 bridgehead atoms. The molecular formula is C12H17FN2O4S. The van der Waals surface area contributed by atoms with E-state index >= 15 is 0 Å². The van der Waals surface area contributed by atoms with Crippen molar-refractivity contribution < 1.29 is 22.7 Å². The first-order valence-corrected chi connectivity index (χ1v) is 7.59. The molecule has 1 heterocycles. The van der Waals surface area contributed by atoms with Crippen molar-refractivity contribution in [2.75, 3.05) is 25.5 Å². The number of nitrogens with two attached hydrogens (primary N) is 1. The maximum Gasteiger partial charge on any atom is 0.243 e. The third kappa shape index (κ3) is 2.93. The van der Waals surface area contributed by atoms with Crippen LogP contribution in [0.5, 0.6) is 0 Å². The van der Waals surface area contributed by atoms with Gasteiger partial charge >= 0.3 is 0 Å². The van der Waals surface area contributed by atoms with Gasteiger partial charge in [0.2, 0.25) is 10.0 Å². The number of rotatable bonds is 3. The number of nitrogen functional groups attached to an aromatic ring is 1. The van der Waals surface area contributed by atoms with Crippen molar-refractivity contribution in [2.45, 2.75) is 24.0 Å². The van der Waals surface area contributed by atoms with E-state index in [1.54, 1.807) is 6.92 Å². The Balaban J connectivity index is 2.37. The molecule has 2 atom stereocenters. The van der Waals surface area contributed by atoms with Crippen LogP contribution >= 0.6 is 0 Å². The number of hydrogen-bond acceptors (Lipinski definition) is 5. The van der Waals surface area contributed by atoms with Crippen molar-refractivity contribution in [2.24, 2.45) is 0 Å². The average molecular weight is 304 g/mol. The van der Waals surface area contributed by atoms with Crippen molar-refractivity contribution in [1.82, 2.24) is 4.31 Å². The van der Waals surface area contributed by atoms with Gasteiger partial charge in [-0.2, -0.15) is 4.31 Å². The number of halogens is 1. The van der Waals surface area contributed by atoms with Gasteiger partial charge < -0.3 is 15.6 Å². The van der Waals surface area contributed by atoms with Crippen molar-refractivity contribution in [3.63, 3.8) is 0 Å². The third-order valence-corrected chi connectivity index (χ3v) is 5.11. The van der Waals surface area contributed by atoms with Gasteiger partial charge in [0.05, 0.1) is 24.2 Å². The molecule has 0 amide bonds. The molecule has 6 nitrogen and oxygen atoms in total. The fourth-order valence-corrected chi connectivity index (χ4v) is 3.82. The van der Waals surface area contributed by atoms with E-state index in [2.05, 4.69) is 0 Å². The molecule has 0 saturated carbocycles. The van der Waals surface area contributed by atoms with E-state index in [4.69, 9.17) is 15.6 Å². The maximum absolute atomic E-state index is 13.3. The molecule has 3 N–H and O–H groups in total. The molecule has 0 aromatic heterocycles. The van der Waals surface area contributed by atoms with Gasteiger partial charge in [-0.05, 0) is 25.1 Å². The summed E-state index contributed by atoms with van der Waals surface area (Å²) in [6.07, 6.45) is -0.577. The topological polar surface area (TPSA) is 92.9 Å². The molecule has 0 radical (unpaired) electrons. The van der Waals surface area contributed by atoms with Crippen molar-refractivity contribution in [3.8, 4) is 0 Å². The summed E-state index contributed by atoms with van der Waals surface area (Å²) in [5, 5.41) is 9.09. The lowest BCUT2D eigenvalue weighted by atomic mass is 10.2. The lowest BCUT2D eigenvalue weighted by Gasteiger charge is -2.36. The smallest absolute Gasteiger partial charge is 0.243 e. The Hall–Kier alpha value is -1.22. The summed E-state index contributed by atoms with van der Waals surface area (Å²) in [6.45, 7) is 1.61. The Morgan fingerprint density at radius 1 is 1.50 bits per heavy atom. The lowest BCUT2D eigenvalue weighted by molar-refractivity contribution is -0.0516.